The Hall–Kier alpha value is -4.37. The van der Waals surface area contributed by atoms with E-state index in [2.05, 4.69) is 0 Å². The molecule has 5 rings (SSSR count). The van der Waals surface area contributed by atoms with Crippen molar-refractivity contribution in [2.45, 2.75) is 32.7 Å². The molecular formula is C32H32N2O6S. The normalized spacial score (nSPS) is 15.0. The molecule has 1 atom stereocenters. The molecule has 3 aromatic carbocycles. The molecule has 41 heavy (non-hydrogen) atoms. The second-order valence-electron chi connectivity index (χ2n) is 9.40. The van der Waals surface area contributed by atoms with Crippen LogP contribution in [-0.2, 0) is 9.53 Å². The fraction of sp³-hybridized carbons (Fsp3) is 0.281. The summed E-state index contributed by atoms with van der Waals surface area (Å²) in [6.07, 6.45) is 3.08. The van der Waals surface area contributed by atoms with Crippen molar-refractivity contribution in [2.24, 2.45) is 4.99 Å². The first-order valence-electron chi connectivity index (χ1n) is 13.5. The monoisotopic (exact) mass is 572 g/mol. The minimum absolute atomic E-state index is 0.196. The maximum absolute atomic E-state index is 14.3. The van der Waals surface area contributed by atoms with Gasteiger partial charge in [-0.05, 0) is 42.3 Å². The van der Waals surface area contributed by atoms with Crippen molar-refractivity contribution < 1.29 is 23.7 Å². The second kappa shape index (κ2) is 12.0. The first-order valence-corrected chi connectivity index (χ1v) is 14.3. The van der Waals surface area contributed by atoms with Gasteiger partial charge in [0.05, 0.1) is 43.7 Å². The highest BCUT2D eigenvalue weighted by molar-refractivity contribution is 7.07. The number of hydrogen-bond donors (Lipinski definition) is 0. The molecule has 0 spiro atoms. The number of allylic oxidation sites excluding steroid dienone is 1. The van der Waals surface area contributed by atoms with Gasteiger partial charge >= 0.3 is 5.97 Å². The van der Waals surface area contributed by atoms with Crippen LogP contribution in [0.1, 0.15) is 43.9 Å². The highest BCUT2D eigenvalue weighted by Crippen LogP contribution is 2.41. The van der Waals surface area contributed by atoms with E-state index in [1.54, 1.807) is 45.0 Å². The van der Waals surface area contributed by atoms with E-state index in [-0.39, 0.29) is 12.2 Å². The van der Waals surface area contributed by atoms with Crippen LogP contribution in [0.25, 0.3) is 16.8 Å². The predicted octanol–water partition coefficient (Wildman–Crippen LogP) is 4.76. The highest BCUT2D eigenvalue weighted by atomic mass is 32.1. The number of aromatic nitrogens is 1. The topological polar surface area (TPSA) is 88.4 Å². The van der Waals surface area contributed by atoms with Crippen molar-refractivity contribution in [3.05, 3.63) is 96.7 Å². The SMILES string of the molecule is CCCC1=C(C(=O)OCC)[C@@H](c2c(OC)ccc3ccccc23)n2c(s/c(=C\c3cccc(OC)c3OC)c2=O)=N1. The van der Waals surface area contributed by atoms with Gasteiger partial charge in [0.15, 0.2) is 16.3 Å². The van der Waals surface area contributed by atoms with Crippen LogP contribution in [0.3, 0.4) is 0 Å². The van der Waals surface area contributed by atoms with E-state index in [0.717, 1.165) is 17.2 Å². The molecule has 0 saturated carbocycles. The number of carbonyl (C=O) groups is 1. The molecule has 9 heteroatoms. The summed E-state index contributed by atoms with van der Waals surface area (Å²) in [5.41, 5.74) is 2.08. The summed E-state index contributed by atoms with van der Waals surface area (Å²) in [5, 5.41) is 1.84. The van der Waals surface area contributed by atoms with Gasteiger partial charge in [0.25, 0.3) is 5.56 Å². The van der Waals surface area contributed by atoms with Gasteiger partial charge in [-0.3, -0.25) is 9.36 Å². The molecule has 0 fully saturated rings. The van der Waals surface area contributed by atoms with Gasteiger partial charge in [-0.1, -0.05) is 67.1 Å². The number of rotatable bonds is 9. The Morgan fingerprint density at radius 1 is 0.976 bits per heavy atom. The third-order valence-corrected chi connectivity index (χ3v) is 8.02. The Morgan fingerprint density at radius 3 is 2.46 bits per heavy atom. The molecule has 0 unspecified atom stereocenters. The lowest BCUT2D eigenvalue weighted by Gasteiger charge is -2.28. The predicted molar refractivity (Wildman–Crippen MR) is 160 cm³/mol. The van der Waals surface area contributed by atoms with Crippen LogP contribution in [0.4, 0.5) is 0 Å². The molecule has 0 N–H and O–H groups in total. The van der Waals surface area contributed by atoms with Crippen molar-refractivity contribution in [1.82, 2.24) is 4.57 Å². The number of nitrogens with zero attached hydrogens (tertiary/aromatic N) is 2. The zero-order valence-electron chi connectivity index (χ0n) is 23.7. The Balaban J connectivity index is 1.88. The molecule has 0 bridgehead atoms. The van der Waals surface area contributed by atoms with E-state index < -0.39 is 12.0 Å². The fourth-order valence-corrected chi connectivity index (χ4v) is 6.31. The smallest absolute Gasteiger partial charge is 0.338 e. The molecule has 4 aromatic rings. The van der Waals surface area contributed by atoms with Crippen LogP contribution < -0.4 is 29.1 Å². The summed E-state index contributed by atoms with van der Waals surface area (Å²) in [6.45, 7) is 3.99. The molecule has 1 aliphatic heterocycles. The van der Waals surface area contributed by atoms with Crippen LogP contribution in [-0.4, -0.2) is 38.5 Å². The van der Waals surface area contributed by atoms with Gasteiger partial charge in [-0.25, -0.2) is 9.79 Å². The number of para-hydroxylation sites is 1. The average molecular weight is 573 g/mol. The Labute approximate surface area is 241 Å². The summed E-state index contributed by atoms with van der Waals surface area (Å²) in [7, 11) is 4.72. The Bertz CT molecular complexity index is 1840. The molecule has 0 radical (unpaired) electrons. The summed E-state index contributed by atoms with van der Waals surface area (Å²) in [5.74, 6) is 1.15. The van der Waals surface area contributed by atoms with Crippen molar-refractivity contribution in [2.75, 3.05) is 27.9 Å². The van der Waals surface area contributed by atoms with E-state index in [0.29, 0.717) is 55.4 Å². The van der Waals surface area contributed by atoms with Crippen LogP contribution in [0.2, 0.25) is 0 Å². The van der Waals surface area contributed by atoms with Crippen molar-refractivity contribution >= 4 is 34.2 Å². The number of esters is 1. The van der Waals surface area contributed by atoms with E-state index >= 15 is 0 Å². The molecule has 0 aliphatic carbocycles. The fourth-order valence-electron chi connectivity index (χ4n) is 5.30. The second-order valence-corrected chi connectivity index (χ2v) is 10.4. The average Bonchev–Trinajstić information content (AvgIpc) is 3.30. The van der Waals surface area contributed by atoms with Crippen molar-refractivity contribution in [1.29, 1.82) is 0 Å². The molecule has 1 aliphatic rings. The van der Waals surface area contributed by atoms with E-state index in [9.17, 15) is 9.59 Å². The summed E-state index contributed by atoms with van der Waals surface area (Å²) in [6, 6.07) is 16.4. The van der Waals surface area contributed by atoms with Crippen LogP contribution in [0.5, 0.6) is 17.2 Å². The minimum Gasteiger partial charge on any atom is -0.496 e. The number of fused-ring (bicyclic) bond motifs is 2. The third-order valence-electron chi connectivity index (χ3n) is 7.04. The largest absolute Gasteiger partial charge is 0.496 e. The Kier molecular flexibility index (Phi) is 8.26. The molecule has 1 aromatic heterocycles. The summed E-state index contributed by atoms with van der Waals surface area (Å²) < 4.78 is 24.5. The lowest BCUT2D eigenvalue weighted by molar-refractivity contribution is -0.139. The zero-order chi connectivity index (χ0) is 29.1. The number of hydrogen-bond acceptors (Lipinski definition) is 8. The van der Waals surface area contributed by atoms with E-state index in [1.165, 1.54) is 11.3 Å². The van der Waals surface area contributed by atoms with Gasteiger partial charge < -0.3 is 18.9 Å². The zero-order valence-corrected chi connectivity index (χ0v) is 24.5. The lowest BCUT2D eigenvalue weighted by atomic mass is 9.90. The molecule has 0 saturated heterocycles. The lowest BCUT2D eigenvalue weighted by Crippen LogP contribution is -2.40. The van der Waals surface area contributed by atoms with Crippen LogP contribution in [0.15, 0.2) is 75.7 Å². The van der Waals surface area contributed by atoms with Crippen LogP contribution >= 0.6 is 11.3 Å². The standard InChI is InChI=1S/C32H32N2O6S/c1-6-11-22-27(31(36)40-7-2)28(26-21-14-9-8-12-19(21)16-17-23(26)37-3)34-30(35)25(41-32(34)33-22)18-20-13-10-15-24(38-4)29(20)39-5/h8-10,12-18,28H,6-7,11H2,1-5H3/b25-18-/t28-/m1/s1. The maximum Gasteiger partial charge on any atom is 0.338 e. The van der Waals surface area contributed by atoms with Gasteiger partial charge in [0, 0.05) is 11.1 Å². The van der Waals surface area contributed by atoms with Crippen LogP contribution in [0, 0.1) is 0 Å². The Morgan fingerprint density at radius 2 is 1.76 bits per heavy atom. The molecule has 212 valence electrons. The maximum atomic E-state index is 14.3. The number of carbonyl (C=O) groups excluding carboxylic acids is 1. The van der Waals surface area contributed by atoms with E-state index in [1.807, 2.05) is 55.5 Å². The quantitative estimate of drug-likeness (QED) is 0.269. The first kappa shape index (κ1) is 28.2. The van der Waals surface area contributed by atoms with Gasteiger partial charge in [-0.2, -0.15) is 0 Å². The number of thiazole rings is 1. The van der Waals surface area contributed by atoms with Gasteiger partial charge in [-0.15, -0.1) is 0 Å². The summed E-state index contributed by atoms with van der Waals surface area (Å²) in [4.78, 5) is 33.3. The number of ether oxygens (including phenoxy) is 4. The van der Waals surface area contributed by atoms with Gasteiger partial charge in [0.2, 0.25) is 0 Å². The summed E-state index contributed by atoms with van der Waals surface area (Å²) >= 11 is 1.27. The molecular weight excluding hydrogens is 540 g/mol. The number of methoxy groups -OCH3 is 3. The number of benzene rings is 3. The molecule has 0 amide bonds. The molecule has 8 nitrogen and oxygen atoms in total. The van der Waals surface area contributed by atoms with Gasteiger partial charge in [0.1, 0.15) is 11.8 Å². The first-order chi connectivity index (χ1) is 20.0. The van der Waals surface area contributed by atoms with Crippen molar-refractivity contribution in [3.63, 3.8) is 0 Å². The minimum atomic E-state index is -0.803. The third kappa shape index (κ3) is 5.02. The van der Waals surface area contributed by atoms with Crippen molar-refractivity contribution in [3.8, 4) is 17.2 Å². The van der Waals surface area contributed by atoms with E-state index in [4.69, 9.17) is 23.9 Å². The highest BCUT2D eigenvalue weighted by Gasteiger charge is 2.37. The molecule has 2 heterocycles.